The van der Waals surface area contributed by atoms with Crippen LogP contribution in [0.4, 0.5) is 0 Å². The summed E-state index contributed by atoms with van der Waals surface area (Å²) in [6.45, 7) is 6.64. The van der Waals surface area contributed by atoms with Crippen molar-refractivity contribution in [1.82, 2.24) is 15.4 Å². The van der Waals surface area contributed by atoms with Crippen LogP contribution >= 0.6 is 0 Å². The quantitative estimate of drug-likeness (QED) is 0.630. The summed E-state index contributed by atoms with van der Waals surface area (Å²) in [5.41, 5.74) is 1.09. The van der Waals surface area contributed by atoms with Crippen molar-refractivity contribution < 1.29 is 13.2 Å². The largest absolute Gasteiger partial charge is 0.355 e. The number of nitrogens with one attached hydrogen (secondary N) is 3. The molecule has 130 valence electrons. The molecule has 6 nitrogen and oxygen atoms in total. The van der Waals surface area contributed by atoms with Crippen molar-refractivity contribution in [2.75, 3.05) is 20.1 Å². The Kier molecular flexibility index (Phi) is 7.67. The van der Waals surface area contributed by atoms with Crippen LogP contribution in [0, 0.1) is 0 Å². The summed E-state index contributed by atoms with van der Waals surface area (Å²) in [5.74, 6) is 0.174. The Bertz CT molecular complexity index is 598. The number of benzene rings is 1. The average Bonchev–Trinajstić information content (AvgIpc) is 2.52. The zero-order valence-electron chi connectivity index (χ0n) is 14.2. The first kappa shape index (κ1) is 19.6. The van der Waals surface area contributed by atoms with Crippen molar-refractivity contribution in [3.8, 4) is 0 Å². The van der Waals surface area contributed by atoms with Crippen molar-refractivity contribution in [2.24, 2.45) is 0 Å². The number of carbonyl (C=O) groups is 1. The van der Waals surface area contributed by atoms with Crippen LogP contribution in [0.5, 0.6) is 0 Å². The molecular formula is C16H27N3O3S. The molecule has 0 fully saturated rings. The highest BCUT2D eigenvalue weighted by Gasteiger charge is 2.14. The molecule has 1 aromatic rings. The van der Waals surface area contributed by atoms with Crippen molar-refractivity contribution in [3.05, 3.63) is 29.8 Å². The molecule has 0 aromatic heterocycles. The van der Waals surface area contributed by atoms with Gasteiger partial charge in [0.25, 0.3) is 0 Å². The highest BCUT2D eigenvalue weighted by molar-refractivity contribution is 7.89. The molecule has 0 saturated carbocycles. The summed E-state index contributed by atoms with van der Waals surface area (Å²) in [6.07, 6.45) is 0.111. The summed E-state index contributed by atoms with van der Waals surface area (Å²) in [5, 5.41) is 5.75. The summed E-state index contributed by atoms with van der Waals surface area (Å²) in [7, 11) is -1.76. The Labute approximate surface area is 139 Å². The molecule has 23 heavy (non-hydrogen) atoms. The fraction of sp³-hybridized carbons (Fsp3) is 0.562. The lowest BCUT2D eigenvalue weighted by atomic mass is 10.0. The van der Waals surface area contributed by atoms with Crippen LogP contribution < -0.4 is 15.4 Å². The Balaban J connectivity index is 2.48. The lowest BCUT2D eigenvalue weighted by Crippen LogP contribution is -2.38. The minimum atomic E-state index is -3.58. The Morgan fingerprint density at radius 1 is 1.13 bits per heavy atom. The van der Waals surface area contributed by atoms with E-state index in [9.17, 15) is 13.2 Å². The van der Waals surface area contributed by atoms with E-state index in [4.69, 9.17) is 0 Å². The number of amides is 1. The zero-order valence-corrected chi connectivity index (χ0v) is 15.0. The van der Waals surface area contributed by atoms with Gasteiger partial charge in [-0.1, -0.05) is 26.0 Å². The Morgan fingerprint density at radius 2 is 1.74 bits per heavy atom. The van der Waals surface area contributed by atoms with Crippen LogP contribution in [0.2, 0.25) is 0 Å². The molecule has 1 atom stereocenters. The van der Waals surface area contributed by atoms with E-state index in [-0.39, 0.29) is 29.8 Å². The fourth-order valence-corrected chi connectivity index (χ4v) is 2.90. The van der Waals surface area contributed by atoms with Gasteiger partial charge in [-0.15, -0.1) is 0 Å². The number of rotatable bonds is 9. The van der Waals surface area contributed by atoms with Gasteiger partial charge in [0.05, 0.1) is 4.90 Å². The van der Waals surface area contributed by atoms with E-state index in [0.29, 0.717) is 12.5 Å². The predicted molar refractivity (Wildman–Crippen MR) is 91.9 cm³/mol. The highest BCUT2D eigenvalue weighted by Crippen LogP contribution is 2.17. The molecule has 0 heterocycles. The first-order valence-electron chi connectivity index (χ1n) is 7.80. The fourth-order valence-electron chi connectivity index (χ4n) is 1.87. The van der Waals surface area contributed by atoms with Gasteiger partial charge in [-0.2, -0.15) is 0 Å². The van der Waals surface area contributed by atoms with E-state index in [1.54, 1.807) is 12.1 Å². The Morgan fingerprint density at radius 3 is 2.26 bits per heavy atom. The maximum absolute atomic E-state index is 12.2. The maximum atomic E-state index is 12.2. The van der Waals surface area contributed by atoms with Crippen LogP contribution in [-0.2, 0) is 14.8 Å². The molecule has 0 aliphatic rings. The number of sulfonamides is 1. The summed E-state index contributed by atoms with van der Waals surface area (Å²) in [6, 6.07) is 6.98. The van der Waals surface area contributed by atoms with E-state index in [1.165, 1.54) is 0 Å². The Hall–Kier alpha value is -1.44. The van der Waals surface area contributed by atoms with Crippen molar-refractivity contribution in [2.45, 2.75) is 44.0 Å². The van der Waals surface area contributed by atoms with Gasteiger partial charge < -0.3 is 10.6 Å². The second-order valence-electron chi connectivity index (χ2n) is 5.87. The minimum Gasteiger partial charge on any atom is -0.355 e. The first-order chi connectivity index (χ1) is 10.8. The molecule has 0 saturated heterocycles. The predicted octanol–water partition coefficient (Wildman–Crippen LogP) is 1.20. The summed E-state index contributed by atoms with van der Waals surface area (Å²) in [4.78, 5) is 11.8. The molecule has 0 spiro atoms. The lowest BCUT2D eigenvalue weighted by molar-refractivity contribution is -0.121. The molecule has 0 aliphatic carbocycles. The van der Waals surface area contributed by atoms with Gasteiger partial charge in [-0.3, -0.25) is 4.79 Å². The van der Waals surface area contributed by atoms with E-state index < -0.39 is 10.0 Å². The first-order valence-corrected chi connectivity index (χ1v) is 9.28. The third-order valence-electron chi connectivity index (χ3n) is 3.60. The second-order valence-corrected chi connectivity index (χ2v) is 7.63. The second kappa shape index (κ2) is 9.00. The number of hydrogen-bond donors (Lipinski definition) is 3. The van der Waals surface area contributed by atoms with Gasteiger partial charge in [0, 0.05) is 25.6 Å². The molecule has 1 rings (SSSR count). The molecule has 1 aromatic carbocycles. The van der Waals surface area contributed by atoms with Crippen LogP contribution in [0.25, 0.3) is 0 Å². The lowest BCUT2D eigenvalue weighted by Gasteiger charge is -2.12. The molecular weight excluding hydrogens is 314 g/mol. The van der Waals surface area contributed by atoms with Gasteiger partial charge in [0.1, 0.15) is 0 Å². The smallest absolute Gasteiger partial charge is 0.240 e. The van der Waals surface area contributed by atoms with Crippen LogP contribution in [0.3, 0.4) is 0 Å². The standard InChI is InChI=1S/C16H27N3O3S/c1-12(2)14-5-7-15(8-6-14)23(21,22)19-10-9-16(20)18-11-13(3)17-4/h5-8,12-13,17,19H,9-11H2,1-4H3,(H,18,20). The molecule has 7 heteroatoms. The normalized spacial score (nSPS) is 13.1. The zero-order chi connectivity index (χ0) is 17.5. The van der Waals surface area contributed by atoms with E-state index in [1.807, 2.05) is 26.1 Å². The number of likely N-dealkylation sites (N-methyl/N-ethyl adjacent to an activating group) is 1. The molecule has 0 bridgehead atoms. The number of hydrogen-bond acceptors (Lipinski definition) is 4. The van der Waals surface area contributed by atoms with E-state index in [0.717, 1.165) is 5.56 Å². The van der Waals surface area contributed by atoms with Crippen LogP contribution in [0.15, 0.2) is 29.2 Å². The number of carbonyl (C=O) groups excluding carboxylic acids is 1. The van der Waals surface area contributed by atoms with Gasteiger partial charge in [-0.25, -0.2) is 13.1 Å². The topological polar surface area (TPSA) is 87.3 Å². The molecule has 1 amide bonds. The van der Waals surface area contributed by atoms with E-state index in [2.05, 4.69) is 29.2 Å². The third kappa shape index (κ3) is 6.68. The minimum absolute atomic E-state index is 0.0774. The van der Waals surface area contributed by atoms with Crippen molar-refractivity contribution in [1.29, 1.82) is 0 Å². The monoisotopic (exact) mass is 341 g/mol. The summed E-state index contributed by atoms with van der Waals surface area (Å²) >= 11 is 0. The van der Waals surface area contributed by atoms with Gasteiger partial charge in [0.15, 0.2) is 0 Å². The van der Waals surface area contributed by atoms with Gasteiger partial charge >= 0.3 is 0 Å². The van der Waals surface area contributed by atoms with Crippen molar-refractivity contribution in [3.63, 3.8) is 0 Å². The van der Waals surface area contributed by atoms with Crippen molar-refractivity contribution >= 4 is 15.9 Å². The van der Waals surface area contributed by atoms with Crippen LogP contribution in [-0.4, -0.2) is 40.5 Å². The molecule has 3 N–H and O–H groups in total. The van der Waals surface area contributed by atoms with E-state index >= 15 is 0 Å². The van der Waals surface area contributed by atoms with Crippen LogP contribution in [0.1, 0.15) is 38.7 Å². The highest BCUT2D eigenvalue weighted by atomic mass is 32.2. The molecule has 1 unspecified atom stereocenters. The summed E-state index contributed by atoms with van der Waals surface area (Å²) < 4.78 is 26.8. The molecule has 0 aliphatic heterocycles. The van der Waals surface area contributed by atoms with Gasteiger partial charge in [0.2, 0.25) is 15.9 Å². The average molecular weight is 341 g/mol. The maximum Gasteiger partial charge on any atom is 0.240 e. The van der Waals surface area contributed by atoms with Gasteiger partial charge in [-0.05, 0) is 37.6 Å². The SMILES string of the molecule is CNC(C)CNC(=O)CCNS(=O)(=O)c1ccc(C(C)C)cc1. The third-order valence-corrected chi connectivity index (χ3v) is 5.08. The molecule has 0 radical (unpaired) electrons.